The number of carbonyl (C=O) groups excluding carboxylic acids is 1. The monoisotopic (exact) mass is 216 g/mol. The molecule has 1 heterocycles. The van der Waals surface area contributed by atoms with Crippen molar-refractivity contribution in [3.05, 3.63) is 24.3 Å². The molecule has 1 fully saturated rings. The summed E-state index contributed by atoms with van der Waals surface area (Å²) in [6, 6.07) is 8.41. The molecular formula is C13H16N2O. The normalized spacial score (nSPS) is 20.9. The van der Waals surface area contributed by atoms with Gasteiger partial charge in [0.05, 0.1) is 11.4 Å². The third-order valence-electron chi connectivity index (χ3n) is 3.54. The Kier molecular flexibility index (Phi) is 1.82. The Morgan fingerprint density at radius 1 is 1.31 bits per heavy atom. The van der Waals surface area contributed by atoms with Crippen molar-refractivity contribution in [3.8, 4) is 0 Å². The molecule has 3 nitrogen and oxygen atoms in total. The van der Waals surface area contributed by atoms with Crippen LogP contribution in [0.25, 0.3) is 0 Å². The average molecular weight is 216 g/mol. The van der Waals surface area contributed by atoms with Gasteiger partial charge < -0.3 is 10.2 Å². The van der Waals surface area contributed by atoms with Gasteiger partial charge in [0, 0.05) is 6.04 Å². The lowest BCUT2D eigenvalue weighted by atomic mass is 10.0. The molecule has 2 aliphatic rings. The van der Waals surface area contributed by atoms with Crippen molar-refractivity contribution < 1.29 is 4.79 Å². The highest BCUT2D eigenvalue weighted by molar-refractivity contribution is 6.08. The smallest absolute Gasteiger partial charge is 0.250 e. The molecule has 3 heteroatoms. The minimum atomic E-state index is -0.248. The van der Waals surface area contributed by atoms with Crippen LogP contribution in [0.4, 0.5) is 11.4 Å². The van der Waals surface area contributed by atoms with E-state index in [0.29, 0.717) is 6.04 Å². The first-order valence-corrected chi connectivity index (χ1v) is 5.85. The van der Waals surface area contributed by atoms with Crippen LogP contribution in [0.3, 0.4) is 0 Å². The molecule has 0 bridgehead atoms. The Morgan fingerprint density at radius 2 is 2.00 bits per heavy atom. The van der Waals surface area contributed by atoms with Crippen molar-refractivity contribution in [2.24, 2.45) is 0 Å². The number of rotatable bonds is 1. The number of nitrogens with zero attached hydrogens (tertiary/aromatic N) is 1. The lowest BCUT2D eigenvalue weighted by molar-refractivity contribution is -0.118. The fraction of sp³-hybridized carbons (Fsp3) is 0.462. The van der Waals surface area contributed by atoms with Gasteiger partial charge in [-0.15, -0.1) is 0 Å². The van der Waals surface area contributed by atoms with Gasteiger partial charge in [-0.25, -0.2) is 0 Å². The molecule has 0 unspecified atom stereocenters. The van der Waals surface area contributed by atoms with E-state index in [1.807, 2.05) is 18.2 Å². The van der Waals surface area contributed by atoms with E-state index in [0.717, 1.165) is 24.2 Å². The van der Waals surface area contributed by atoms with Crippen LogP contribution in [0, 0.1) is 0 Å². The van der Waals surface area contributed by atoms with Crippen LogP contribution in [0.15, 0.2) is 24.3 Å². The highest BCUT2D eigenvalue weighted by atomic mass is 16.2. The van der Waals surface area contributed by atoms with Gasteiger partial charge in [0.2, 0.25) is 5.91 Å². The zero-order chi connectivity index (χ0) is 11.3. The number of hydrogen-bond acceptors (Lipinski definition) is 2. The zero-order valence-corrected chi connectivity index (χ0v) is 9.66. The molecule has 1 aliphatic carbocycles. The number of benzene rings is 1. The van der Waals surface area contributed by atoms with E-state index >= 15 is 0 Å². The van der Waals surface area contributed by atoms with Crippen LogP contribution in [-0.2, 0) is 4.79 Å². The van der Waals surface area contributed by atoms with Gasteiger partial charge in [0.25, 0.3) is 0 Å². The topological polar surface area (TPSA) is 32.3 Å². The van der Waals surface area contributed by atoms with E-state index in [1.165, 1.54) is 0 Å². The maximum atomic E-state index is 12.1. The fourth-order valence-electron chi connectivity index (χ4n) is 2.73. The van der Waals surface area contributed by atoms with Crippen LogP contribution in [0.5, 0.6) is 0 Å². The minimum absolute atomic E-state index is 0.167. The van der Waals surface area contributed by atoms with E-state index < -0.39 is 0 Å². The highest BCUT2D eigenvalue weighted by Gasteiger charge is 2.57. The summed E-state index contributed by atoms with van der Waals surface area (Å²) in [5.74, 6) is 0.167. The molecule has 1 aliphatic heterocycles. The predicted molar refractivity (Wildman–Crippen MR) is 64.7 cm³/mol. The summed E-state index contributed by atoms with van der Waals surface area (Å²) < 4.78 is 0. The summed E-state index contributed by atoms with van der Waals surface area (Å²) in [7, 11) is 0. The largest absolute Gasteiger partial charge is 0.353 e. The van der Waals surface area contributed by atoms with Crippen molar-refractivity contribution in [1.29, 1.82) is 0 Å². The second-order valence-corrected chi connectivity index (χ2v) is 4.97. The molecule has 0 saturated heterocycles. The Morgan fingerprint density at radius 3 is 2.62 bits per heavy atom. The van der Waals surface area contributed by atoms with E-state index in [2.05, 4.69) is 30.1 Å². The predicted octanol–water partition coefficient (Wildman–Crippen LogP) is 2.39. The van der Waals surface area contributed by atoms with E-state index in [-0.39, 0.29) is 11.4 Å². The minimum Gasteiger partial charge on any atom is -0.353 e. The number of hydrogen-bond donors (Lipinski definition) is 1. The molecule has 0 atom stereocenters. The summed E-state index contributed by atoms with van der Waals surface area (Å²) in [6.07, 6.45) is 1.96. The Hall–Kier alpha value is -1.51. The number of fused-ring (bicyclic) bond motifs is 1. The number of nitrogens with one attached hydrogen (secondary N) is 1. The maximum Gasteiger partial charge on any atom is 0.250 e. The van der Waals surface area contributed by atoms with Crippen LogP contribution >= 0.6 is 0 Å². The maximum absolute atomic E-state index is 12.1. The number of amides is 1. The SMILES string of the molecule is CC(C)N1c2ccccc2NC(=O)C12CC2. The molecule has 16 heavy (non-hydrogen) atoms. The van der Waals surface area contributed by atoms with Crippen molar-refractivity contribution in [2.45, 2.75) is 38.3 Å². The van der Waals surface area contributed by atoms with E-state index in [9.17, 15) is 4.79 Å². The molecule has 0 aromatic heterocycles. The van der Waals surface area contributed by atoms with Crippen LogP contribution < -0.4 is 10.2 Å². The zero-order valence-electron chi connectivity index (χ0n) is 9.66. The standard InChI is InChI=1S/C13H16N2O/c1-9(2)15-11-6-4-3-5-10(11)14-12(16)13(15)7-8-13/h3-6,9H,7-8H2,1-2H3,(H,14,16). The van der Waals surface area contributed by atoms with Crippen molar-refractivity contribution in [2.75, 3.05) is 10.2 Å². The second-order valence-electron chi connectivity index (χ2n) is 4.97. The van der Waals surface area contributed by atoms with Crippen molar-refractivity contribution in [1.82, 2.24) is 0 Å². The number of anilines is 2. The van der Waals surface area contributed by atoms with Gasteiger partial charge in [-0.3, -0.25) is 4.79 Å². The number of carbonyl (C=O) groups is 1. The molecule has 1 N–H and O–H groups in total. The fourth-order valence-corrected chi connectivity index (χ4v) is 2.73. The summed E-state index contributed by atoms with van der Waals surface area (Å²) in [4.78, 5) is 14.4. The van der Waals surface area contributed by atoms with Gasteiger partial charge in [0.1, 0.15) is 5.54 Å². The average Bonchev–Trinajstić information content (AvgIpc) is 3.01. The number of para-hydroxylation sites is 2. The summed E-state index contributed by atoms with van der Waals surface area (Å²) in [6.45, 7) is 4.30. The van der Waals surface area contributed by atoms with Gasteiger partial charge >= 0.3 is 0 Å². The molecule has 1 aromatic rings. The first-order valence-electron chi connectivity index (χ1n) is 5.85. The van der Waals surface area contributed by atoms with Crippen LogP contribution in [0.1, 0.15) is 26.7 Å². The Labute approximate surface area is 95.4 Å². The summed E-state index contributed by atoms with van der Waals surface area (Å²) in [5.41, 5.74) is 1.86. The van der Waals surface area contributed by atoms with Crippen molar-refractivity contribution in [3.63, 3.8) is 0 Å². The molecule has 1 amide bonds. The first-order chi connectivity index (χ1) is 7.65. The first kappa shape index (κ1) is 9.70. The van der Waals surface area contributed by atoms with Crippen LogP contribution in [-0.4, -0.2) is 17.5 Å². The van der Waals surface area contributed by atoms with Gasteiger partial charge in [0.15, 0.2) is 0 Å². The van der Waals surface area contributed by atoms with Gasteiger partial charge in [-0.2, -0.15) is 0 Å². The summed E-state index contributed by atoms with van der Waals surface area (Å²) >= 11 is 0. The highest BCUT2D eigenvalue weighted by Crippen LogP contribution is 2.50. The van der Waals surface area contributed by atoms with E-state index in [4.69, 9.17) is 0 Å². The molecule has 0 radical (unpaired) electrons. The molecule has 1 saturated carbocycles. The molecular weight excluding hydrogens is 200 g/mol. The second kappa shape index (κ2) is 3.00. The van der Waals surface area contributed by atoms with Crippen molar-refractivity contribution >= 4 is 17.3 Å². The molecule has 84 valence electrons. The third-order valence-corrected chi connectivity index (χ3v) is 3.54. The third kappa shape index (κ3) is 1.11. The van der Waals surface area contributed by atoms with Gasteiger partial charge in [-0.1, -0.05) is 12.1 Å². The Bertz CT molecular complexity index is 449. The van der Waals surface area contributed by atoms with Crippen LogP contribution in [0.2, 0.25) is 0 Å². The van der Waals surface area contributed by atoms with Gasteiger partial charge in [-0.05, 0) is 38.8 Å². The molecule has 3 rings (SSSR count). The lowest BCUT2D eigenvalue weighted by Crippen LogP contribution is -2.53. The summed E-state index contributed by atoms with van der Waals surface area (Å²) in [5, 5.41) is 3.02. The Balaban J connectivity index is 2.15. The van der Waals surface area contributed by atoms with E-state index in [1.54, 1.807) is 0 Å². The molecule has 1 aromatic carbocycles. The quantitative estimate of drug-likeness (QED) is 0.781. The lowest BCUT2D eigenvalue weighted by Gasteiger charge is -2.41. The molecule has 1 spiro atoms.